The zero-order chi connectivity index (χ0) is 12.1. The molecule has 4 nitrogen and oxygen atoms in total. The van der Waals surface area contributed by atoms with Crippen molar-refractivity contribution in [1.82, 2.24) is 4.98 Å². The van der Waals surface area contributed by atoms with Gasteiger partial charge in [-0.2, -0.15) is 0 Å². The molecular weight excluding hydrogens is 214 g/mol. The van der Waals surface area contributed by atoms with E-state index < -0.39 is 0 Å². The second-order valence-corrected chi connectivity index (χ2v) is 5.04. The van der Waals surface area contributed by atoms with Gasteiger partial charge in [-0.25, -0.2) is 4.98 Å². The van der Waals surface area contributed by atoms with E-state index in [1.165, 1.54) is 19.3 Å². The number of rotatable bonds is 4. The van der Waals surface area contributed by atoms with E-state index in [1.54, 1.807) is 6.20 Å². The molecule has 0 atom stereocenters. The number of pyridine rings is 1. The number of aliphatic hydroxyl groups is 1. The third-order valence-electron chi connectivity index (χ3n) is 3.70. The van der Waals surface area contributed by atoms with Crippen LogP contribution in [0.2, 0.25) is 0 Å². The Morgan fingerprint density at radius 3 is 2.76 bits per heavy atom. The number of nitrogens with two attached hydrogens (primary N) is 1. The predicted octanol–water partition coefficient (Wildman–Crippen LogP) is 2.02. The molecule has 0 aromatic carbocycles. The van der Waals surface area contributed by atoms with Crippen LogP contribution >= 0.6 is 0 Å². The first-order valence-electron chi connectivity index (χ1n) is 6.30. The molecular formula is C13H21N3O. The van der Waals surface area contributed by atoms with Gasteiger partial charge in [-0.3, -0.25) is 0 Å². The largest absolute Gasteiger partial charge is 0.396 e. The summed E-state index contributed by atoms with van der Waals surface area (Å²) in [5, 5.41) is 13.0. The lowest BCUT2D eigenvalue weighted by Gasteiger charge is -2.36. The number of nitrogen functional groups attached to an aromatic ring is 1. The number of hydrogen-bond donors (Lipinski definition) is 3. The van der Waals surface area contributed by atoms with Crippen LogP contribution in [0, 0.1) is 5.41 Å². The molecule has 4 heteroatoms. The number of nitrogens with one attached hydrogen (secondary N) is 1. The Bertz CT molecular complexity index is 361. The van der Waals surface area contributed by atoms with E-state index in [4.69, 9.17) is 5.73 Å². The van der Waals surface area contributed by atoms with Crippen LogP contribution in [0.15, 0.2) is 18.3 Å². The average molecular weight is 235 g/mol. The highest BCUT2D eigenvalue weighted by Gasteiger charge is 2.30. The van der Waals surface area contributed by atoms with Gasteiger partial charge in [0.15, 0.2) is 0 Å². The fraction of sp³-hybridized carbons (Fsp3) is 0.615. The Labute approximate surface area is 102 Å². The van der Waals surface area contributed by atoms with Crippen LogP contribution in [0.3, 0.4) is 0 Å². The summed E-state index contributed by atoms with van der Waals surface area (Å²) < 4.78 is 0. The second-order valence-electron chi connectivity index (χ2n) is 5.04. The van der Waals surface area contributed by atoms with E-state index in [2.05, 4.69) is 10.3 Å². The molecule has 0 aliphatic heterocycles. The van der Waals surface area contributed by atoms with Gasteiger partial charge in [0, 0.05) is 29.9 Å². The molecule has 1 saturated carbocycles. The topological polar surface area (TPSA) is 71.2 Å². The molecule has 0 amide bonds. The fourth-order valence-electron chi connectivity index (χ4n) is 2.54. The minimum atomic E-state index is 0.0519. The van der Waals surface area contributed by atoms with Crippen molar-refractivity contribution in [3.05, 3.63) is 18.3 Å². The van der Waals surface area contributed by atoms with Crippen LogP contribution in [0.25, 0.3) is 0 Å². The van der Waals surface area contributed by atoms with Crippen molar-refractivity contribution in [2.24, 2.45) is 5.41 Å². The zero-order valence-corrected chi connectivity index (χ0v) is 10.2. The first-order valence-corrected chi connectivity index (χ1v) is 6.30. The summed E-state index contributed by atoms with van der Waals surface area (Å²) in [5.41, 5.74) is 6.67. The van der Waals surface area contributed by atoms with Crippen LogP contribution in [-0.4, -0.2) is 23.2 Å². The molecule has 1 aromatic heterocycles. The number of nitrogens with zero attached hydrogens (tertiary/aromatic N) is 1. The molecule has 1 fully saturated rings. The van der Waals surface area contributed by atoms with Crippen LogP contribution < -0.4 is 11.1 Å². The van der Waals surface area contributed by atoms with Gasteiger partial charge in [0.2, 0.25) is 0 Å². The smallest absolute Gasteiger partial charge is 0.125 e. The van der Waals surface area contributed by atoms with Crippen LogP contribution in [0.4, 0.5) is 11.5 Å². The van der Waals surface area contributed by atoms with Crippen molar-refractivity contribution in [3.63, 3.8) is 0 Å². The van der Waals surface area contributed by atoms with Gasteiger partial charge in [-0.1, -0.05) is 19.3 Å². The first-order chi connectivity index (χ1) is 8.24. The van der Waals surface area contributed by atoms with Crippen LogP contribution in [0.5, 0.6) is 0 Å². The lowest BCUT2D eigenvalue weighted by Crippen LogP contribution is -2.35. The summed E-state index contributed by atoms with van der Waals surface area (Å²) in [4.78, 5) is 3.96. The molecule has 1 heterocycles. The van der Waals surface area contributed by atoms with E-state index >= 15 is 0 Å². The first kappa shape index (κ1) is 12.2. The molecule has 4 N–H and O–H groups in total. The second kappa shape index (κ2) is 5.36. The van der Waals surface area contributed by atoms with Crippen molar-refractivity contribution >= 4 is 11.5 Å². The summed E-state index contributed by atoms with van der Waals surface area (Å²) in [6, 6.07) is 3.73. The quantitative estimate of drug-likeness (QED) is 0.746. The molecule has 0 spiro atoms. The summed E-state index contributed by atoms with van der Waals surface area (Å²) in [6.45, 7) is 1.08. The van der Waals surface area contributed by atoms with Crippen LogP contribution in [-0.2, 0) is 0 Å². The van der Waals surface area contributed by atoms with E-state index in [0.29, 0.717) is 5.82 Å². The highest BCUT2D eigenvalue weighted by Crippen LogP contribution is 2.35. The highest BCUT2D eigenvalue weighted by molar-refractivity contribution is 5.49. The van der Waals surface area contributed by atoms with E-state index in [-0.39, 0.29) is 12.0 Å². The lowest BCUT2D eigenvalue weighted by atomic mass is 9.74. The molecule has 1 aliphatic rings. The van der Waals surface area contributed by atoms with Gasteiger partial charge >= 0.3 is 0 Å². The van der Waals surface area contributed by atoms with E-state index in [1.807, 2.05) is 12.1 Å². The standard InChI is InChI=1S/C13H21N3O/c14-12-8-11(4-7-15-12)16-9-13(10-17)5-2-1-3-6-13/h4,7-8,17H,1-3,5-6,9-10H2,(H3,14,15,16). The molecule has 0 unspecified atom stereocenters. The summed E-state index contributed by atoms with van der Waals surface area (Å²) >= 11 is 0. The Kier molecular flexibility index (Phi) is 3.84. The van der Waals surface area contributed by atoms with Crippen molar-refractivity contribution in [2.75, 3.05) is 24.2 Å². The van der Waals surface area contributed by atoms with Gasteiger partial charge in [0.1, 0.15) is 5.82 Å². The van der Waals surface area contributed by atoms with E-state index in [9.17, 15) is 5.11 Å². The molecule has 0 radical (unpaired) electrons. The zero-order valence-electron chi connectivity index (χ0n) is 10.2. The van der Waals surface area contributed by atoms with Crippen molar-refractivity contribution in [1.29, 1.82) is 0 Å². The average Bonchev–Trinajstić information content (AvgIpc) is 2.38. The van der Waals surface area contributed by atoms with E-state index in [0.717, 1.165) is 25.1 Å². The van der Waals surface area contributed by atoms with Gasteiger partial charge in [-0.05, 0) is 18.9 Å². The summed E-state index contributed by atoms with van der Waals surface area (Å²) in [5.74, 6) is 0.525. The maximum Gasteiger partial charge on any atom is 0.125 e. The van der Waals surface area contributed by atoms with Crippen molar-refractivity contribution < 1.29 is 5.11 Å². The lowest BCUT2D eigenvalue weighted by molar-refractivity contribution is 0.0944. The van der Waals surface area contributed by atoms with Crippen molar-refractivity contribution in [3.8, 4) is 0 Å². The van der Waals surface area contributed by atoms with Crippen LogP contribution in [0.1, 0.15) is 32.1 Å². The molecule has 1 aromatic rings. The maximum atomic E-state index is 9.60. The molecule has 1 aliphatic carbocycles. The summed E-state index contributed by atoms with van der Waals surface area (Å²) in [6.07, 6.45) is 7.66. The molecule has 17 heavy (non-hydrogen) atoms. The molecule has 2 rings (SSSR count). The summed E-state index contributed by atoms with van der Waals surface area (Å²) in [7, 11) is 0. The predicted molar refractivity (Wildman–Crippen MR) is 69.7 cm³/mol. The minimum Gasteiger partial charge on any atom is -0.396 e. The Balaban J connectivity index is 1.95. The van der Waals surface area contributed by atoms with Gasteiger partial charge in [0.25, 0.3) is 0 Å². The number of aromatic nitrogens is 1. The number of aliphatic hydroxyl groups excluding tert-OH is 1. The maximum absolute atomic E-state index is 9.60. The van der Waals surface area contributed by atoms with Gasteiger partial charge in [-0.15, -0.1) is 0 Å². The molecule has 0 bridgehead atoms. The highest BCUT2D eigenvalue weighted by atomic mass is 16.3. The van der Waals surface area contributed by atoms with Gasteiger partial charge < -0.3 is 16.2 Å². The third kappa shape index (κ3) is 3.09. The fourth-order valence-corrected chi connectivity index (χ4v) is 2.54. The Morgan fingerprint density at radius 2 is 2.12 bits per heavy atom. The number of anilines is 2. The minimum absolute atomic E-state index is 0.0519. The Morgan fingerprint density at radius 1 is 1.35 bits per heavy atom. The monoisotopic (exact) mass is 235 g/mol. The molecule has 0 saturated heterocycles. The normalized spacial score (nSPS) is 18.9. The molecule has 94 valence electrons. The Hall–Kier alpha value is -1.29. The van der Waals surface area contributed by atoms with Crippen molar-refractivity contribution in [2.45, 2.75) is 32.1 Å². The third-order valence-corrected chi connectivity index (χ3v) is 3.70. The number of hydrogen-bond acceptors (Lipinski definition) is 4. The van der Waals surface area contributed by atoms with Gasteiger partial charge in [0.05, 0.1) is 6.61 Å². The SMILES string of the molecule is Nc1cc(NCC2(CO)CCCCC2)ccn1.